The number of benzene rings is 1. The van der Waals surface area contributed by atoms with Gasteiger partial charge in [0.1, 0.15) is 6.07 Å². The van der Waals surface area contributed by atoms with Crippen LogP contribution in [-0.2, 0) is 4.74 Å². The summed E-state index contributed by atoms with van der Waals surface area (Å²) in [5.41, 5.74) is -0.776. The lowest BCUT2D eigenvalue weighted by molar-refractivity contribution is 0.0343. The van der Waals surface area contributed by atoms with Crippen molar-refractivity contribution in [3.63, 3.8) is 0 Å². The zero-order valence-corrected chi connectivity index (χ0v) is 9.97. The molecule has 0 aromatic heterocycles. The number of halogens is 2. The van der Waals surface area contributed by atoms with Gasteiger partial charge in [0.05, 0.1) is 16.9 Å². The van der Waals surface area contributed by atoms with Crippen molar-refractivity contribution in [2.24, 2.45) is 0 Å². The Balaban J connectivity index is 2.88. The Morgan fingerprint density at radius 2 is 2.00 bits per heavy atom. The van der Waals surface area contributed by atoms with Gasteiger partial charge in [-0.05, 0) is 26.0 Å². The van der Waals surface area contributed by atoms with Crippen LogP contribution in [0.3, 0.4) is 0 Å². The Bertz CT molecular complexity index is 453. The van der Waals surface area contributed by atoms with E-state index in [2.05, 4.69) is 5.32 Å². The molecule has 0 unspecified atom stereocenters. The largest absolute Gasteiger partial charge is 0.380 e. The number of anilines is 1. The lowest BCUT2D eigenvalue weighted by Crippen LogP contribution is -2.32. The molecule has 0 aliphatic carbocycles. The fraction of sp³-hybridized carbons (Fsp3) is 0.417. The average Bonchev–Trinajstić information content (AvgIpc) is 2.31. The Morgan fingerprint density at radius 1 is 1.35 bits per heavy atom. The number of methoxy groups -OCH3 is 1. The van der Waals surface area contributed by atoms with E-state index in [1.54, 1.807) is 6.07 Å². The van der Waals surface area contributed by atoms with E-state index < -0.39 is 17.2 Å². The molecular weight excluding hydrogens is 226 g/mol. The third-order valence-corrected chi connectivity index (χ3v) is 2.46. The zero-order chi connectivity index (χ0) is 13.1. The number of nitriles is 1. The lowest BCUT2D eigenvalue weighted by Gasteiger charge is -2.24. The van der Waals surface area contributed by atoms with Crippen LogP contribution < -0.4 is 5.32 Å². The fourth-order valence-corrected chi connectivity index (χ4v) is 1.15. The van der Waals surface area contributed by atoms with E-state index in [0.29, 0.717) is 6.54 Å². The summed E-state index contributed by atoms with van der Waals surface area (Å²) >= 11 is 0. The van der Waals surface area contributed by atoms with Gasteiger partial charge in [0.15, 0.2) is 11.6 Å². The normalized spacial score (nSPS) is 11.1. The molecule has 1 rings (SSSR count). The maximum absolute atomic E-state index is 13.5. The Morgan fingerprint density at radius 3 is 2.53 bits per heavy atom. The molecule has 0 fully saturated rings. The molecule has 0 saturated heterocycles. The molecule has 5 heteroatoms. The van der Waals surface area contributed by atoms with Crippen LogP contribution in [0.2, 0.25) is 0 Å². The van der Waals surface area contributed by atoms with Gasteiger partial charge in [-0.25, -0.2) is 8.78 Å². The maximum Gasteiger partial charge on any atom is 0.183 e. The van der Waals surface area contributed by atoms with Crippen LogP contribution in [0.1, 0.15) is 19.4 Å². The standard InChI is InChI=1S/C12H14F2N2O/c1-12(2,17-3)7-16-9-5-4-8(6-15)10(13)11(9)14/h4-5,16H,7H2,1-3H3. The average molecular weight is 240 g/mol. The summed E-state index contributed by atoms with van der Waals surface area (Å²) in [4.78, 5) is 0. The van der Waals surface area contributed by atoms with Crippen molar-refractivity contribution < 1.29 is 13.5 Å². The van der Waals surface area contributed by atoms with Gasteiger partial charge < -0.3 is 10.1 Å². The molecule has 1 N–H and O–H groups in total. The summed E-state index contributed by atoms with van der Waals surface area (Å²) in [6.45, 7) is 3.96. The van der Waals surface area contributed by atoms with Crippen molar-refractivity contribution in [2.75, 3.05) is 19.0 Å². The van der Waals surface area contributed by atoms with E-state index in [-0.39, 0.29) is 11.3 Å². The minimum Gasteiger partial charge on any atom is -0.380 e. The first-order valence-electron chi connectivity index (χ1n) is 5.08. The molecule has 0 saturated carbocycles. The van der Waals surface area contributed by atoms with E-state index in [1.165, 1.54) is 19.2 Å². The molecule has 0 atom stereocenters. The van der Waals surface area contributed by atoms with Crippen LogP contribution in [0.5, 0.6) is 0 Å². The van der Waals surface area contributed by atoms with Gasteiger partial charge in [-0.15, -0.1) is 0 Å². The third-order valence-electron chi connectivity index (χ3n) is 2.46. The maximum atomic E-state index is 13.5. The smallest absolute Gasteiger partial charge is 0.183 e. The van der Waals surface area contributed by atoms with E-state index in [9.17, 15) is 8.78 Å². The van der Waals surface area contributed by atoms with Crippen molar-refractivity contribution in [1.29, 1.82) is 5.26 Å². The first kappa shape index (κ1) is 13.4. The minimum absolute atomic E-state index is 0.0200. The molecular formula is C12H14F2N2O. The Labute approximate surface area is 99.0 Å². The van der Waals surface area contributed by atoms with Crippen molar-refractivity contribution in [2.45, 2.75) is 19.4 Å². The molecule has 17 heavy (non-hydrogen) atoms. The number of hydrogen-bond donors (Lipinski definition) is 1. The predicted octanol–water partition coefficient (Wildman–Crippen LogP) is 2.67. The molecule has 0 amide bonds. The summed E-state index contributed by atoms with van der Waals surface area (Å²) in [6, 6.07) is 4.15. The van der Waals surface area contributed by atoms with Gasteiger partial charge in [-0.3, -0.25) is 0 Å². The van der Waals surface area contributed by atoms with E-state index in [4.69, 9.17) is 10.00 Å². The van der Waals surface area contributed by atoms with E-state index >= 15 is 0 Å². The van der Waals surface area contributed by atoms with E-state index in [1.807, 2.05) is 13.8 Å². The summed E-state index contributed by atoms with van der Waals surface area (Å²) in [7, 11) is 1.54. The topological polar surface area (TPSA) is 45.0 Å². The second kappa shape index (κ2) is 5.11. The van der Waals surface area contributed by atoms with Crippen LogP contribution >= 0.6 is 0 Å². The monoisotopic (exact) mass is 240 g/mol. The molecule has 92 valence electrons. The molecule has 0 aliphatic heterocycles. The highest BCUT2D eigenvalue weighted by Crippen LogP contribution is 2.21. The number of nitrogens with zero attached hydrogens (tertiary/aromatic N) is 1. The van der Waals surface area contributed by atoms with Gasteiger partial charge in [-0.2, -0.15) is 5.26 Å². The van der Waals surface area contributed by atoms with Crippen molar-refractivity contribution in [3.8, 4) is 6.07 Å². The van der Waals surface area contributed by atoms with Gasteiger partial charge in [0.25, 0.3) is 0 Å². The lowest BCUT2D eigenvalue weighted by atomic mass is 10.1. The van der Waals surface area contributed by atoms with Crippen molar-refractivity contribution in [3.05, 3.63) is 29.3 Å². The third kappa shape index (κ3) is 3.14. The molecule has 0 aliphatic rings. The molecule has 0 heterocycles. The number of rotatable bonds is 4. The highest BCUT2D eigenvalue weighted by Gasteiger charge is 2.18. The number of nitrogens with one attached hydrogen (secondary N) is 1. The quantitative estimate of drug-likeness (QED) is 0.880. The molecule has 1 aromatic rings. The second-order valence-electron chi connectivity index (χ2n) is 4.22. The van der Waals surface area contributed by atoms with Gasteiger partial charge in [0.2, 0.25) is 0 Å². The summed E-state index contributed by atoms with van der Waals surface area (Å²) in [6.07, 6.45) is 0. The van der Waals surface area contributed by atoms with Crippen molar-refractivity contribution in [1.82, 2.24) is 0 Å². The van der Waals surface area contributed by atoms with Crippen LogP contribution in [0.4, 0.5) is 14.5 Å². The predicted molar refractivity (Wildman–Crippen MR) is 60.7 cm³/mol. The van der Waals surface area contributed by atoms with Crippen molar-refractivity contribution >= 4 is 5.69 Å². The number of hydrogen-bond acceptors (Lipinski definition) is 3. The summed E-state index contributed by atoms with van der Waals surface area (Å²) < 4.78 is 31.9. The van der Waals surface area contributed by atoms with Gasteiger partial charge in [-0.1, -0.05) is 0 Å². The minimum atomic E-state index is -1.13. The highest BCUT2D eigenvalue weighted by molar-refractivity contribution is 5.49. The SMILES string of the molecule is COC(C)(C)CNc1ccc(C#N)c(F)c1F. The van der Waals surface area contributed by atoms with Crippen LogP contribution in [0.15, 0.2) is 12.1 Å². The molecule has 3 nitrogen and oxygen atoms in total. The Hall–Kier alpha value is -1.67. The zero-order valence-electron chi connectivity index (χ0n) is 9.97. The Kier molecular flexibility index (Phi) is 4.02. The molecule has 0 spiro atoms. The summed E-state index contributed by atoms with van der Waals surface area (Å²) in [5.74, 6) is -2.18. The fourth-order valence-electron chi connectivity index (χ4n) is 1.15. The molecule has 1 aromatic carbocycles. The van der Waals surface area contributed by atoms with Crippen LogP contribution in [-0.4, -0.2) is 19.3 Å². The van der Waals surface area contributed by atoms with Gasteiger partial charge in [0, 0.05) is 13.7 Å². The first-order chi connectivity index (χ1) is 7.91. The van der Waals surface area contributed by atoms with Crippen LogP contribution in [0.25, 0.3) is 0 Å². The first-order valence-corrected chi connectivity index (χ1v) is 5.08. The number of ether oxygens (including phenoxy) is 1. The van der Waals surface area contributed by atoms with Crippen LogP contribution in [0, 0.1) is 23.0 Å². The molecule has 0 radical (unpaired) electrons. The summed E-state index contributed by atoms with van der Waals surface area (Å²) in [5, 5.41) is 11.3. The van der Waals surface area contributed by atoms with E-state index in [0.717, 1.165) is 0 Å². The second-order valence-corrected chi connectivity index (χ2v) is 4.22. The molecule has 0 bridgehead atoms. The highest BCUT2D eigenvalue weighted by atomic mass is 19.2. The van der Waals surface area contributed by atoms with Gasteiger partial charge >= 0.3 is 0 Å².